The predicted molar refractivity (Wildman–Crippen MR) is 110 cm³/mol. The lowest BCUT2D eigenvalue weighted by Gasteiger charge is -2.08. The summed E-state index contributed by atoms with van der Waals surface area (Å²) in [7, 11) is 3.01. The van der Waals surface area contributed by atoms with Crippen molar-refractivity contribution in [3.8, 4) is 11.5 Å². The van der Waals surface area contributed by atoms with Gasteiger partial charge < -0.3 is 9.47 Å². The van der Waals surface area contributed by atoms with Crippen molar-refractivity contribution in [2.24, 2.45) is 0 Å². The molecular formula is C18H16N4O5S2. The fourth-order valence-electron chi connectivity index (χ4n) is 2.37. The Morgan fingerprint density at radius 3 is 2.69 bits per heavy atom. The second kappa shape index (κ2) is 9.34. The highest BCUT2D eigenvalue weighted by atomic mass is 32.2. The second-order valence-electron chi connectivity index (χ2n) is 5.61. The van der Waals surface area contributed by atoms with E-state index in [1.807, 2.05) is 0 Å². The quantitative estimate of drug-likeness (QED) is 0.246. The van der Waals surface area contributed by atoms with Gasteiger partial charge in [-0.2, -0.15) is 0 Å². The molecule has 3 rings (SSSR count). The van der Waals surface area contributed by atoms with E-state index in [-0.39, 0.29) is 11.6 Å². The number of methoxy groups -OCH3 is 2. The third kappa shape index (κ3) is 5.21. The fraction of sp³-hybridized carbons (Fsp3) is 0.167. The van der Waals surface area contributed by atoms with E-state index in [2.05, 4.69) is 15.5 Å². The van der Waals surface area contributed by atoms with Crippen molar-refractivity contribution in [3.05, 3.63) is 63.7 Å². The van der Waals surface area contributed by atoms with Crippen LogP contribution in [-0.4, -0.2) is 35.2 Å². The average Bonchev–Trinajstić information content (AvgIpc) is 3.19. The van der Waals surface area contributed by atoms with Crippen LogP contribution in [0.2, 0.25) is 0 Å². The number of benzene rings is 2. The molecule has 0 atom stereocenters. The van der Waals surface area contributed by atoms with Crippen molar-refractivity contribution in [1.82, 2.24) is 10.2 Å². The van der Waals surface area contributed by atoms with Gasteiger partial charge in [-0.25, -0.2) is 0 Å². The number of ether oxygens (including phenoxy) is 2. The first kappa shape index (κ1) is 20.6. The monoisotopic (exact) mass is 432 g/mol. The van der Waals surface area contributed by atoms with Crippen molar-refractivity contribution >= 4 is 39.8 Å². The van der Waals surface area contributed by atoms with Crippen LogP contribution < -0.4 is 14.8 Å². The van der Waals surface area contributed by atoms with E-state index in [9.17, 15) is 14.9 Å². The molecule has 0 bridgehead atoms. The molecule has 29 heavy (non-hydrogen) atoms. The fourth-order valence-corrected chi connectivity index (χ4v) is 4.06. The minimum Gasteiger partial charge on any atom is -0.493 e. The van der Waals surface area contributed by atoms with E-state index in [0.29, 0.717) is 32.3 Å². The summed E-state index contributed by atoms with van der Waals surface area (Å²) < 4.78 is 11.0. The summed E-state index contributed by atoms with van der Waals surface area (Å²) in [6.45, 7) is 0. The molecule has 0 aliphatic carbocycles. The van der Waals surface area contributed by atoms with Gasteiger partial charge in [0.2, 0.25) is 5.13 Å². The molecule has 0 spiro atoms. The first-order chi connectivity index (χ1) is 14.0. The zero-order valence-corrected chi connectivity index (χ0v) is 17.1. The SMILES string of the molecule is COc1ccc(C(=O)Nc2nnc(SCc3cccc([N+](=O)[O-])c3)s2)cc1OC. The lowest BCUT2D eigenvalue weighted by Crippen LogP contribution is -2.11. The van der Waals surface area contributed by atoms with Crippen LogP contribution in [0, 0.1) is 10.1 Å². The number of nitro groups is 1. The Bertz CT molecular complexity index is 1040. The third-order valence-corrected chi connectivity index (χ3v) is 5.80. The van der Waals surface area contributed by atoms with Crippen molar-refractivity contribution in [2.45, 2.75) is 10.1 Å². The second-order valence-corrected chi connectivity index (χ2v) is 7.81. The molecule has 0 fully saturated rings. The minimum atomic E-state index is -0.430. The molecule has 1 heterocycles. The Labute approximate surface area is 174 Å². The first-order valence-electron chi connectivity index (χ1n) is 8.23. The summed E-state index contributed by atoms with van der Waals surface area (Å²) in [5.41, 5.74) is 1.24. The number of thioether (sulfide) groups is 1. The molecular weight excluding hydrogens is 416 g/mol. The van der Waals surface area contributed by atoms with Gasteiger partial charge in [-0.3, -0.25) is 20.2 Å². The molecule has 0 unspecified atom stereocenters. The number of hydrogen-bond donors (Lipinski definition) is 1. The molecule has 0 saturated heterocycles. The number of nitrogens with one attached hydrogen (secondary N) is 1. The zero-order valence-electron chi connectivity index (χ0n) is 15.4. The molecule has 0 aliphatic heterocycles. The van der Waals surface area contributed by atoms with Gasteiger partial charge in [0.05, 0.1) is 19.1 Å². The van der Waals surface area contributed by atoms with Gasteiger partial charge in [0.15, 0.2) is 15.8 Å². The zero-order chi connectivity index (χ0) is 20.8. The van der Waals surface area contributed by atoms with Crippen LogP contribution in [0.15, 0.2) is 46.8 Å². The van der Waals surface area contributed by atoms with Crippen LogP contribution >= 0.6 is 23.1 Å². The van der Waals surface area contributed by atoms with E-state index in [0.717, 1.165) is 5.56 Å². The Kier molecular flexibility index (Phi) is 6.62. The van der Waals surface area contributed by atoms with Crippen LogP contribution in [0.5, 0.6) is 11.5 Å². The maximum atomic E-state index is 12.4. The number of amides is 1. The molecule has 150 valence electrons. The molecule has 0 radical (unpaired) electrons. The molecule has 2 aromatic carbocycles. The van der Waals surface area contributed by atoms with E-state index >= 15 is 0 Å². The van der Waals surface area contributed by atoms with Crippen molar-refractivity contribution in [1.29, 1.82) is 0 Å². The smallest absolute Gasteiger partial charge is 0.269 e. The number of aromatic nitrogens is 2. The van der Waals surface area contributed by atoms with Crippen LogP contribution in [0.4, 0.5) is 10.8 Å². The Morgan fingerprint density at radius 2 is 1.97 bits per heavy atom. The number of nitro benzene ring substituents is 1. The standard InChI is InChI=1S/C18H16N4O5S2/c1-26-14-7-6-12(9-15(14)27-2)16(23)19-17-20-21-18(29-17)28-10-11-4-3-5-13(8-11)22(24)25/h3-9H,10H2,1-2H3,(H,19,20,23). The number of carbonyl (C=O) groups excluding carboxylic acids is 1. The number of hydrogen-bond acceptors (Lipinski definition) is 9. The highest BCUT2D eigenvalue weighted by molar-refractivity contribution is 8.00. The summed E-state index contributed by atoms with van der Waals surface area (Å²) in [5.74, 6) is 1.13. The summed E-state index contributed by atoms with van der Waals surface area (Å²) in [4.78, 5) is 22.9. The van der Waals surface area contributed by atoms with Crippen molar-refractivity contribution in [2.75, 3.05) is 19.5 Å². The molecule has 1 aromatic heterocycles. The topological polar surface area (TPSA) is 116 Å². The molecule has 0 aliphatic rings. The molecule has 9 nitrogen and oxygen atoms in total. The van der Waals surface area contributed by atoms with Crippen LogP contribution in [0.3, 0.4) is 0 Å². The van der Waals surface area contributed by atoms with E-state index in [1.54, 1.807) is 30.3 Å². The summed E-state index contributed by atoms with van der Waals surface area (Å²) >= 11 is 2.61. The van der Waals surface area contributed by atoms with E-state index < -0.39 is 4.92 Å². The highest BCUT2D eigenvalue weighted by Crippen LogP contribution is 2.30. The maximum Gasteiger partial charge on any atom is 0.269 e. The number of nitrogens with zero attached hydrogens (tertiary/aromatic N) is 3. The number of non-ortho nitro benzene ring substituents is 1. The lowest BCUT2D eigenvalue weighted by molar-refractivity contribution is -0.384. The third-order valence-electron chi connectivity index (χ3n) is 3.76. The van der Waals surface area contributed by atoms with Gasteiger partial charge in [0.25, 0.3) is 11.6 Å². The van der Waals surface area contributed by atoms with Crippen LogP contribution in [-0.2, 0) is 5.75 Å². The van der Waals surface area contributed by atoms with Crippen molar-refractivity contribution in [3.63, 3.8) is 0 Å². The number of anilines is 1. The minimum absolute atomic E-state index is 0.0447. The van der Waals surface area contributed by atoms with Crippen molar-refractivity contribution < 1.29 is 19.2 Å². The van der Waals surface area contributed by atoms with Gasteiger partial charge in [-0.15, -0.1) is 10.2 Å². The predicted octanol–water partition coefficient (Wildman–Crippen LogP) is 4.01. The Balaban J connectivity index is 1.62. The van der Waals surface area contributed by atoms with E-state index in [4.69, 9.17) is 9.47 Å². The number of carbonyl (C=O) groups is 1. The number of rotatable bonds is 8. The van der Waals surface area contributed by atoms with Gasteiger partial charge in [0, 0.05) is 23.4 Å². The van der Waals surface area contributed by atoms with Gasteiger partial charge in [-0.05, 0) is 23.8 Å². The average molecular weight is 432 g/mol. The van der Waals surface area contributed by atoms with E-state index in [1.165, 1.54) is 49.5 Å². The first-order valence-corrected chi connectivity index (χ1v) is 10.0. The Hall–Kier alpha value is -3.18. The summed E-state index contributed by atoms with van der Waals surface area (Å²) in [5, 5.41) is 21.9. The van der Waals surface area contributed by atoms with Gasteiger partial charge in [-0.1, -0.05) is 35.2 Å². The lowest BCUT2D eigenvalue weighted by atomic mass is 10.2. The maximum absolute atomic E-state index is 12.4. The Morgan fingerprint density at radius 1 is 1.17 bits per heavy atom. The summed E-state index contributed by atoms with van der Waals surface area (Å²) in [6, 6.07) is 11.3. The van der Waals surface area contributed by atoms with Crippen LogP contribution in [0.1, 0.15) is 15.9 Å². The van der Waals surface area contributed by atoms with Gasteiger partial charge in [0.1, 0.15) is 0 Å². The molecule has 1 amide bonds. The van der Waals surface area contributed by atoms with Gasteiger partial charge >= 0.3 is 0 Å². The molecule has 0 saturated carbocycles. The largest absolute Gasteiger partial charge is 0.493 e. The molecule has 1 N–H and O–H groups in total. The molecule has 11 heteroatoms. The normalized spacial score (nSPS) is 10.4. The highest BCUT2D eigenvalue weighted by Gasteiger charge is 2.14. The summed E-state index contributed by atoms with van der Waals surface area (Å²) in [6.07, 6.45) is 0. The molecule has 3 aromatic rings. The van der Waals surface area contributed by atoms with Crippen LogP contribution in [0.25, 0.3) is 0 Å².